The standard InChI is InChI=1S/C29H29ClN4O/c1-20-5-8-22(9-6-20)4-3-14-33-15-12-27-25(19-33)24-16-21(2)7-10-26(24)34(27)29(35)32-18-23-11-13-31-28(30)17-23/h3-11,13,16-17H,12,14-15,18-19H2,1-2H3,(H,32,35)/b4-3+. The van der Waals surface area contributed by atoms with E-state index in [-0.39, 0.29) is 6.03 Å². The van der Waals surface area contributed by atoms with Gasteiger partial charge in [0.1, 0.15) is 5.15 Å². The van der Waals surface area contributed by atoms with Crippen LogP contribution in [0.3, 0.4) is 0 Å². The molecule has 6 heteroatoms. The highest BCUT2D eigenvalue weighted by Crippen LogP contribution is 2.31. The molecule has 0 saturated heterocycles. The van der Waals surface area contributed by atoms with Crippen LogP contribution in [-0.2, 0) is 19.5 Å². The van der Waals surface area contributed by atoms with E-state index in [0.29, 0.717) is 11.7 Å². The van der Waals surface area contributed by atoms with Gasteiger partial charge < -0.3 is 5.32 Å². The molecule has 2 aromatic heterocycles. The van der Waals surface area contributed by atoms with E-state index in [9.17, 15) is 4.79 Å². The van der Waals surface area contributed by atoms with Crippen LogP contribution in [0.1, 0.15) is 33.5 Å². The van der Waals surface area contributed by atoms with Crippen LogP contribution in [0.2, 0.25) is 5.15 Å². The molecule has 1 amide bonds. The average Bonchev–Trinajstić information content (AvgIpc) is 3.17. The van der Waals surface area contributed by atoms with Gasteiger partial charge in [0.15, 0.2) is 0 Å². The lowest BCUT2D eigenvalue weighted by Gasteiger charge is -2.27. The second-order valence-electron chi connectivity index (χ2n) is 9.22. The number of rotatable bonds is 5. The highest BCUT2D eigenvalue weighted by atomic mass is 35.5. The van der Waals surface area contributed by atoms with Crippen molar-refractivity contribution in [3.05, 3.63) is 106 Å². The summed E-state index contributed by atoms with van der Waals surface area (Å²) in [5.41, 5.74) is 7.92. The van der Waals surface area contributed by atoms with Crippen molar-refractivity contribution >= 4 is 34.6 Å². The number of nitrogens with zero attached hydrogens (tertiary/aromatic N) is 3. The van der Waals surface area contributed by atoms with Crippen molar-refractivity contribution in [3.8, 4) is 0 Å². The minimum Gasteiger partial charge on any atom is -0.333 e. The SMILES string of the molecule is Cc1ccc(/C=C/CN2CCc3c(c4cc(C)ccc4n3C(=O)NCc3ccnc(Cl)c3)C2)cc1. The first-order valence-corrected chi connectivity index (χ1v) is 12.3. The normalized spacial score (nSPS) is 13.9. The van der Waals surface area contributed by atoms with Crippen LogP contribution < -0.4 is 5.32 Å². The molecular formula is C29H29ClN4O. The Morgan fingerprint density at radius 2 is 1.89 bits per heavy atom. The molecule has 1 aliphatic heterocycles. The van der Waals surface area contributed by atoms with Crippen LogP contribution in [0, 0.1) is 13.8 Å². The number of nitrogens with one attached hydrogen (secondary N) is 1. The number of carbonyl (C=O) groups is 1. The fourth-order valence-electron chi connectivity index (χ4n) is 4.74. The lowest BCUT2D eigenvalue weighted by molar-refractivity contribution is 0.240. The third-order valence-corrected chi connectivity index (χ3v) is 6.78. The monoisotopic (exact) mass is 484 g/mol. The fourth-order valence-corrected chi connectivity index (χ4v) is 4.94. The van der Waals surface area contributed by atoms with E-state index in [2.05, 4.69) is 83.7 Å². The van der Waals surface area contributed by atoms with Crippen molar-refractivity contribution in [3.63, 3.8) is 0 Å². The van der Waals surface area contributed by atoms with E-state index < -0.39 is 0 Å². The molecule has 5 nitrogen and oxygen atoms in total. The molecule has 0 saturated carbocycles. The summed E-state index contributed by atoms with van der Waals surface area (Å²) in [6, 6.07) is 18.4. The van der Waals surface area contributed by atoms with E-state index >= 15 is 0 Å². The number of halogens is 1. The number of pyridine rings is 1. The number of benzene rings is 2. The van der Waals surface area contributed by atoms with Crippen LogP contribution in [0.25, 0.3) is 17.0 Å². The molecule has 0 bridgehead atoms. The Kier molecular flexibility index (Phi) is 6.71. The second kappa shape index (κ2) is 10.1. The minimum atomic E-state index is -0.110. The number of hydrogen-bond donors (Lipinski definition) is 1. The van der Waals surface area contributed by atoms with E-state index in [1.165, 1.54) is 22.3 Å². The van der Waals surface area contributed by atoms with Gasteiger partial charge in [-0.2, -0.15) is 0 Å². The van der Waals surface area contributed by atoms with Crippen molar-refractivity contribution in [2.45, 2.75) is 33.4 Å². The summed E-state index contributed by atoms with van der Waals surface area (Å²) < 4.78 is 1.87. The third kappa shape index (κ3) is 5.16. The second-order valence-corrected chi connectivity index (χ2v) is 9.61. The van der Waals surface area contributed by atoms with Crippen molar-refractivity contribution < 1.29 is 4.79 Å². The molecule has 1 aliphatic rings. The summed E-state index contributed by atoms with van der Waals surface area (Å²) in [5, 5.41) is 4.65. The van der Waals surface area contributed by atoms with Crippen molar-refractivity contribution in [1.29, 1.82) is 0 Å². The van der Waals surface area contributed by atoms with Crippen molar-refractivity contribution in [2.75, 3.05) is 13.1 Å². The van der Waals surface area contributed by atoms with Crippen LogP contribution in [-0.4, -0.2) is 33.6 Å². The summed E-state index contributed by atoms with van der Waals surface area (Å²) in [5.74, 6) is 0. The van der Waals surface area contributed by atoms with E-state index in [0.717, 1.165) is 48.2 Å². The molecule has 0 atom stereocenters. The molecule has 0 aliphatic carbocycles. The summed E-state index contributed by atoms with van der Waals surface area (Å²) in [6.45, 7) is 7.22. The van der Waals surface area contributed by atoms with E-state index in [1.54, 1.807) is 12.3 Å². The summed E-state index contributed by atoms with van der Waals surface area (Å²) >= 11 is 6.00. The maximum absolute atomic E-state index is 13.3. The zero-order valence-electron chi connectivity index (χ0n) is 20.1. The molecular weight excluding hydrogens is 456 g/mol. The largest absolute Gasteiger partial charge is 0.333 e. The topological polar surface area (TPSA) is 50.2 Å². The molecule has 5 rings (SSSR count). The van der Waals surface area contributed by atoms with Gasteiger partial charge in [-0.3, -0.25) is 9.47 Å². The molecule has 3 heterocycles. The highest BCUT2D eigenvalue weighted by Gasteiger charge is 2.26. The van der Waals surface area contributed by atoms with Gasteiger partial charge in [-0.05, 0) is 54.8 Å². The third-order valence-electron chi connectivity index (χ3n) is 6.57. The molecule has 178 valence electrons. The zero-order valence-corrected chi connectivity index (χ0v) is 20.8. The van der Waals surface area contributed by atoms with Gasteiger partial charge in [-0.25, -0.2) is 9.78 Å². The lowest BCUT2D eigenvalue weighted by Crippen LogP contribution is -2.34. The molecule has 0 radical (unpaired) electrons. The Morgan fingerprint density at radius 1 is 1.09 bits per heavy atom. The predicted molar refractivity (Wildman–Crippen MR) is 143 cm³/mol. The molecule has 0 unspecified atom stereocenters. The smallest absolute Gasteiger partial charge is 0.326 e. The maximum atomic E-state index is 13.3. The first-order valence-electron chi connectivity index (χ1n) is 11.9. The summed E-state index contributed by atoms with van der Waals surface area (Å²) in [4.78, 5) is 19.8. The molecule has 0 fully saturated rings. The van der Waals surface area contributed by atoms with Gasteiger partial charge in [0, 0.05) is 49.9 Å². The Labute approximate surface area is 211 Å². The van der Waals surface area contributed by atoms with Gasteiger partial charge in [0.25, 0.3) is 0 Å². The molecule has 4 aromatic rings. The first-order chi connectivity index (χ1) is 17.0. The minimum absolute atomic E-state index is 0.110. The van der Waals surface area contributed by atoms with E-state index in [1.807, 2.05) is 10.6 Å². The predicted octanol–water partition coefficient (Wildman–Crippen LogP) is 6.14. The van der Waals surface area contributed by atoms with Crippen molar-refractivity contribution in [1.82, 2.24) is 19.8 Å². The number of amides is 1. The van der Waals surface area contributed by atoms with Crippen LogP contribution in [0.15, 0.2) is 66.9 Å². The van der Waals surface area contributed by atoms with Gasteiger partial charge in [0.05, 0.1) is 5.52 Å². The number of fused-ring (bicyclic) bond motifs is 3. The van der Waals surface area contributed by atoms with Gasteiger partial charge in [-0.15, -0.1) is 0 Å². The van der Waals surface area contributed by atoms with Gasteiger partial charge in [0.2, 0.25) is 0 Å². The average molecular weight is 485 g/mol. The summed E-state index contributed by atoms with van der Waals surface area (Å²) in [7, 11) is 0. The number of aromatic nitrogens is 2. The number of carbonyl (C=O) groups excluding carboxylic acids is 1. The number of hydrogen-bond acceptors (Lipinski definition) is 3. The molecule has 1 N–H and O–H groups in total. The Balaban J connectivity index is 1.37. The van der Waals surface area contributed by atoms with Crippen LogP contribution >= 0.6 is 11.6 Å². The Hall–Kier alpha value is -3.41. The highest BCUT2D eigenvalue weighted by molar-refractivity contribution is 6.29. The van der Waals surface area contributed by atoms with Crippen molar-refractivity contribution in [2.24, 2.45) is 0 Å². The molecule has 2 aromatic carbocycles. The maximum Gasteiger partial charge on any atom is 0.326 e. The van der Waals surface area contributed by atoms with Gasteiger partial charge >= 0.3 is 6.03 Å². The first kappa shape index (κ1) is 23.3. The lowest BCUT2D eigenvalue weighted by atomic mass is 10.0. The van der Waals surface area contributed by atoms with E-state index in [4.69, 9.17) is 11.6 Å². The number of aryl methyl sites for hydroxylation is 2. The quantitative estimate of drug-likeness (QED) is 0.346. The molecule has 35 heavy (non-hydrogen) atoms. The fraction of sp³-hybridized carbons (Fsp3) is 0.241. The van der Waals surface area contributed by atoms with Crippen LogP contribution in [0.4, 0.5) is 4.79 Å². The van der Waals surface area contributed by atoms with Gasteiger partial charge in [-0.1, -0.05) is 65.2 Å². The Bertz CT molecular complexity index is 1400. The summed E-state index contributed by atoms with van der Waals surface area (Å²) in [6.07, 6.45) is 6.89. The zero-order chi connectivity index (χ0) is 24.4. The van der Waals surface area contributed by atoms with Crippen LogP contribution in [0.5, 0.6) is 0 Å². The molecule has 0 spiro atoms. The Morgan fingerprint density at radius 3 is 2.69 bits per heavy atom.